The minimum absolute atomic E-state index is 0.111. The number of ether oxygens (including phenoxy) is 1. The molecule has 0 aromatic heterocycles. The Bertz CT molecular complexity index is 892. The van der Waals surface area contributed by atoms with E-state index in [9.17, 15) is 9.59 Å². The van der Waals surface area contributed by atoms with Crippen molar-refractivity contribution in [1.29, 1.82) is 0 Å². The second-order valence-electron chi connectivity index (χ2n) is 8.49. The first-order chi connectivity index (χ1) is 15.7. The first-order valence-corrected chi connectivity index (χ1v) is 12.6. The minimum Gasteiger partial charge on any atom is -0.466 e. The summed E-state index contributed by atoms with van der Waals surface area (Å²) in [5.74, 6) is 0.858. The number of amides is 2. The second-order valence-corrected chi connectivity index (χ2v) is 9.76. The van der Waals surface area contributed by atoms with Gasteiger partial charge in [0.2, 0.25) is 0 Å². The van der Waals surface area contributed by atoms with E-state index in [-0.39, 0.29) is 24.1 Å². The summed E-state index contributed by atoms with van der Waals surface area (Å²) in [5.41, 5.74) is 2.34. The number of esters is 1. The van der Waals surface area contributed by atoms with Crippen molar-refractivity contribution in [2.75, 3.05) is 12.4 Å². The van der Waals surface area contributed by atoms with E-state index in [0.717, 1.165) is 25.0 Å². The van der Waals surface area contributed by atoms with Gasteiger partial charge in [0.15, 0.2) is 0 Å². The molecule has 2 amide bonds. The van der Waals surface area contributed by atoms with E-state index in [2.05, 4.69) is 34.1 Å². The highest BCUT2D eigenvalue weighted by Gasteiger charge is 2.52. The largest absolute Gasteiger partial charge is 0.466 e. The molecule has 0 bridgehead atoms. The Balaban J connectivity index is 1.46. The van der Waals surface area contributed by atoms with Crippen molar-refractivity contribution in [3.63, 3.8) is 0 Å². The van der Waals surface area contributed by atoms with Crippen LogP contribution >= 0.6 is 11.8 Å². The topological polar surface area (TPSA) is 49.9 Å². The predicted octanol–water partition coefficient (Wildman–Crippen LogP) is 5.10. The van der Waals surface area contributed by atoms with Gasteiger partial charge in [0.05, 0.1) is 18.7 Å². The van der Waals surface area contributed by atoms with Crippen LogP contribution in [0.15, 0.2) is 60.7 Å². The van der Waals surface area contributed by atoms with E-state index < -0.39 is 0 Å². The highest BCUT2D eigenvalue weighted by atomic mass is 32.2. The monoisotopic (exact) mass is 452 g/mol. The SMILES string of the molecule is CCOC(=O)CCCCC1SCC2C1N(Cc1ccccc1)C(=O)N2Cc1ccccc1. The van der Waals surface area contributed by atoms with E-state index in [0.29, 0.717) is 31.4 Å². The van der Waals surface area contributed by atoms with E-state index in [1.54, 1.807) is 0 Å². The van der Waals surface area contributed by atoms with Crippen LogP contribution in [0.3, 0.4) is 0 Å². The van der Waals surface area contributed by atoms with Gasteiger partial charge in [-0.05, 0) is 30.9 Å². The van der Waals surface area contributed by atoms with Crippen LogP contribution in [0.2, 0.25) is 0 Å². The van der Waals surface area contributed by atoms with E-state index in [4.69, 9.17) is 4.74 Å². The molecule has 0 aliphatic carbocycles. The lowest BCUT2D eigenvalue weighted by Gasteiger charge is -2.27. The first kappa shape index (κ1) is 22.7. The van der Waals surface area contributed by atoms with Crippen LogP contribution in [0.25, 0.3) is 0 Å². The molecule has 0 radical (unpaired) electrons. The molecule has 3 atom stereocenters. The number of hydrogen-bond donors (Lipinski definition) is 0. The van der Waals surface area contributed by atoms with Gasteiger partial charge in [0.25, 0.3) is 0 Å². The number of benzene rings is 2. The number of carbonyl (C=O) groups is 2. The van der Waals surface area contributed by atoms with Gasteiger partial charge in [-0.15, -0.1) is 0 Å². The van der Waals surface area contributed by atoms with Crippen LogP contribution in [0.1, 0.15) is 43.7 Å². The molecule has 0 saturated carbocycles. The average Bonchev–Trinajstić information content (AvgIpc) is 3.33. The molecule has 2 aromatic rings. The molecular weight excluding hydrogens is 420 g/mol. The summed E-state index contributed by atoms with van der Waals surface area (Å²) in [6, 6.07) is 21.1. The van der Waals surface area contributed by atoms with Gasteiger partial charge in [-0.25, -0.2) is 4.79 Å². The molecule has 0 spiro atoms. The third-order valence-corrected chi connectivity index (χ3v) is 7.80. The number of urea groups is 1. The Hall–Kier alpha value is -2.47. The number of fused-ring (bicyclic) bond motifs is 1. The van der Waals surface area contributed by atoms with Gasteiger partial charge in [0, 0.05) is 30.5 Å². The van der Waals surface area contributed by atoms with Crippen LogP contribution < -0.4 is 0 Å². The van der Waals surface area contributed by atoms with Crippen molar-refractivity contribution >= 4 is 23.8 Å². The van der Waals surface area contributed by atoms with Crippen LogP contribution in [0.5, 0.6) is 0 Å². The third-order valence-electron chi connectivity index (χ3n) is 6.32. The number of rotatable bonds is 10. The molecule has 2 aliphatic rings. The van der Waals surface area contributed by atoms with Crippen molar-refractivity contribution in [2.45, 2.75) is 63.0 Å². The molecule has 2 saturated heterocycles. The van der Waals surface area contributed by atoms with Crippen molar-refractivity contribution < 1.29 is 14.3 Å². The zero-order valence-electron chi connectivity index (χ0n) is 18.7. The Morgan fingerprint density at radius 1 is 0.969 bits per heavy atom. The summed E-state index contributed by atoms with van der Waals surface area (Å²) >= 11 is 1.98. The Labute approximate surface area is 195 Å². The smallest absolute Gasteiger partial charge is 0.321 e. The van der Waals surface area contributed by atoms with Gasteiger partial charge in [0.1, 0.15) is 0 Å². The summed E-state index contributed by atoms with van der Waals surface area (Å²) < 4.78 is 5.05. The van der Waals surface area contributed by atoms with Crippen LogP contribution in [0.4, 0.5) is 4.79 Å². The molecule has 6 heteroatoms. The van der Waals surface area contributed by atoms with Gasteiger partial charge in [-0.3, -0.25) is 4.79 Å². The van der Waals surface area contributed by atoms with Crippen LogP contribution in [-0.2, 0) is 22.6 Å². The molecule has 170 valence electrons. The maximum Gasteiger partial charge on any atom is 0.321 e. The Kier molecular flexibility index (Phi) is 7.74. The van der Waals surface area contributed by atoms with Crippen molar-refractivity contribution in [1.82, 2.24) is 9.80 Å². The van der Waals surface area contributed by atoms with Crippen LogP contribution in [-0.4, -0.2) is 51.5 Å². The van der Waals surface area contributed by atoms with Crippen molar-refractivity contribution in [2.24, 2.45) is 0 Å². The standard InChI is InChI=1S/C26H32N2O3S/c1-2-31-24(29)16-10-9-15-23-25-22(19-32-23)27(17-20-11-5-3-6-12-20)26(30)28(25)18-21-13-7-4-8-14-21/h3-8,11-14,22-23,25H,2,9-10,15-19H2,1H3. The molecule has 2 aliphatic heterocycles. The zero-order chi connectivity index (χ0) is 22.3. The van der Waals surface area contributed by atoms with Gasteiger partial charge in [-0.2, -0.15) is 11.8 Å². The molecule has 3 unspecified atom stereocenters. The lowest BCUT2D eigenvalue weighted by atomic mass is 10.0. The average molecular weight is 453 g/mol. The maximum atomic E-state index is 13.5. The molecule has 2 heterocycles. The van der Waals surface area contributed by atoms with E-state index in [1.165, 1.54) is 11.1 Å². The summed E-state index contributed by atoms with van der Waals surface area (Å²) in [4.78, 5) is 29.4. The molecule has 2 aromatic carbocycles. The molecular formula is C26H32N2O3S. The molecule has 5 nitrogen and oxygen atoms in total. The number of hydrogen-bond acceptors (Lipinski definition) is 4. The Morgan fingerprint density at radius 2 is 1.59 bits per heavy atom. The van der Waals surface area contributed by atoms with Crippen LogP contribution in [0, 0.1) is 0 Å². The summed E-state index contributed by atoms with van der Waals surface area (Å²) in [6.45, 7) is 3.58. The number of unbranched alkanes of at least 4 members (excludes halogenated alkanes) is 1. The first-order valence-electron chi connectivity index (χ1n) is 11.6. The number of carbonyl (C=O) groups excluding carboxylic acids is 2. The molecule has 2 fully saturated rings. The quantitative estimate of drug-likeness (QED) is 0.286. The molecule has 0 N–H and O–H groups in total. The summed E-state index contributed by atoms with van der Waals surface area (Å²) in [7, 11) is 0. The van der Waals surface area contributed by atoms with Gasteiger partial charge < -0.3 is 14.5 Å². The highest BCUT2D eigenvalue weighted by molar-refractivity contribution is 8.00. The summed E-state index contributed by atoms with van der Waals surface area (Å²) in [6.07, 6.45) is 3.31. The fraction of sp³-hybridized carbons (Fsp3) is 0.462. The van der Waals surface area contributed by atoms with E-state index >= 15 is 0 Å². The second kappa shape index (κ2) is 10.9. The van der Waals surface area contributed by atoms with Gasteiger partial charge in [-0.1, -0.05) is 67.1 Å². The normalized spacial score (nSPS) is 22.3. The predicted molar refractivity (Wildman–Crippen MR) is 128 cm³/mol. The third kappa shape index (κ3) is 5.29. The fourth-order valence-corrected chi connectivity index (χ4v) is 6.48. The lowest BCUT2D eigenvalue weighted by Crippen LogP contribution is -2.40. The zero-order valence-corrected chi connectivity index (χ0v) is 19.5. The number of thioether (sulfide) groups is 1. The van der Waals surface area contributed by atoms with E-state index in [1.807, 2.05) is 55.1 Å². The van der Waals surface area contributed by atoms with Crippen molar-refractivity contribution in [3.05, 3.63) is 71.8 Å². The maximum absolute atomic E-state index is 13.5. The number of nitrogens with zero attached hydrogens (tertiary/aromatic N) is 2. The van der Waals surface area contributed by atoms with Crippen molar-refractivity contribution in [3.8, 4) is 0 Å². The summed E-state index contributed by atoms with van der Waals surface area (Å²) in [5, 5.41) is 0.399. The Morgan fingerprint density at radius 3 is 2.22 bits per heavy atom. The lowest BCUT2D eigenvalue weighted by molar-refractivity contribution is -0.143. The molecule has 32 heavy (non-hydrogen) atoms. The van der Waals surface area contributed by atoms with Gasteiger partial charge >= 0.3 is 12.0 Å². The molecule has 4 rings (SSSR count). The fourth-order valence-electron chi connectivity index (χ4n) is 4.80. The minimum atomic E-state index is -0.111. The highest BCUT2D eigenvalue weighted by Crippen LogP contribution is 2.42.